The number of allylic oxidation sites excluding steroid dienone is 1. The van der Waals surface area contributed by atoms with Crippen molar-refractivity contribution in [2.75, 3.05) is 20.1 Å². The van der Waals surface area contributed by atoms with Crippen LogP contribution in [0, 0.1) is 45.3 Å². The van der Waals surface area contributed by atoms with Crippen LogP contribution in [0.1, 0.15) is 106 Å². The smallest absolute Gasteiger partial charge is 0.175 e. The number of oxime groups is 1. The summed E-state index contributed by atoms with van der Waals surface area (Å²) >= 11 is 0. The van der Waals surface area contributed by atoms with Gasteiger partial charge in [-0.25, -0.2) is 0 Å². The molecular formula is C31H55N3O. The Balaban J connectivity index is 1.43. The van der Waals surface area contributed by atoms with Crippen LogP contribution in [-0.2, 0) is 4.84 Å². The summed E-state index contributed by atoms with van der Waals surface area (Å²) in [5.74, 6) is 3.10. The Kier molecular flexibility index (Phi) is 7.59. The van der Waals surface area contributed by atoms with Gasteiger partial charge in [0.15, 0.2) is 6.23 Å². The van der Waals surface area contributed by atoms with Crippen molar-refractivity contribution in [3.63, 3.8) is 0 Å². The van der Waals surface area contributed by atoms with Crippen LogP contribution in [0.15, 0.2) is 17.3 Å². The lowest BCUT2D eigenvalue weighted by molar-refractivity contribution is -0.156. The van der Waals surface area contributed by atoms with E-state index >= 15 is 0 Å². The fourth-order valence-corrected chi connectivity index (χ4v) is 9.75. The molecule has 0 saturated heterocycles. The fourth-order valence-electron chi connectivity index (χ4n) is 9.75. The maximum atomic E-state index is 5.99. The van der Waals surface area contributed by atoms with Crippen LogP contribution in [0.25, 0.3) is 0 Å². The third kappa shape index (κ3) is 4.88. The first-order chi connectivity index (χ1) is 16.4. The second kappa shape index (κ2) is 9.78. The van der Waals surface area contributed by atoms with Crippen LogP contribution in [0.2, 0.25) is 0 Å². The molecule has 200 valence electrons. The lowest BCUT2D eigenvalue weighted by atomic mass is 9.39. The quantitative estimate of drug-likeness (QED) is 0.166. The van der Waals surface area contributed by atoms with Crippen LogP contribution in [0.5, 0.6) is 0 Å². The molecule has 0 amide bonds. The van der Waals surface area contributed by atoms with Gasteiger partial charge in [-0.15, -0.1) is 0 Å². The molecule has 0 aromatic carbocycles. The van der Waals surface area contributed by atoms with Crippen molar-refractivity contribution >= 4 is 5.71 Å². The Hall–Kier alpha value is -0.870. The molecule has 0 aromatic heterocycles. The molecule has 0 bridgehead atoms. The predicted molar refractivity (Wildman–Crippen MR) is 148 cm³/mol. The second-order valence-corrected chi connectivity index (χ2v) is 14.5. The van der Waals surface area contributed by atoms with E-state index in [0.29, 0.717) is 22.2 Å². The topological polar surface area (TPSA) is 45.6 Å². The van der Waals surface area contributed by atoms with Crippen molar-refractivity contribution in [2.45, 2.75) is 112 Å². The Labute approximate surface area is 216 Å². The van der Waals surface area contributed by atoms with Gasteiger partial charge in [0.05, 0.1) is 5.71 Å². The number of nitrogens with one attached hydrogen (secondary N) is 2. The number of rotatable bonds is 8. The van der Waals surface area contributed by atoms with E-state index in [0.717, 1.165) is 30.8 Å². The van der Waals surface area contributed by atoms with Gasteiger partial charge in [-0.2, -0.15) is 0 Å². The van der Waals surface area contributed by atoms with Gasteiger partial charge < -0.3 is 10.2 Å². The minimum atomic E-state index is -0.0735. The molecule has 0 aliphatic heterocycles. The average molecular weight is 486 g/mol. The Morgan fingerprint density at radius 2 is 1.71 bits per heavy atom. The fraction of sp³-hybridized carbons (Fsp3) is 0.903. The first-order valence-electron chi connectivity index (χ1n) is 14.6. The molecule has 4 aliphatic rings. The summed E-state index contributed by atoms with van der Waals surface area (Å²) in [5, 5.41) is 11.5. The maximum Gasteiger partial charge on any atom is 0.175 e. The van der Waals surface area contributed by atoms with Gasteiger partial charge in [-0.1, -0.05) is 51.9 Å². The van der Waals surface area contributed by atoms with E-state index in [1.807, 2.05) is 7.05 Å². The average Bonchev–Trinajstić information content (AvgIpc) is 3.15. The third-order valence-corrected chi connectivity index (χ3v) is 11.6. The van der Waals surface area contributed by atoms with E-state index in [4.69, 9.17) is 9.99 Å². The highest BCUT2D eigenvalue weighted by Crippen LogP contribution is 2.72. The van der Waals surface area contributed by atoms with E-state index in [1.54, 1.807) is 0 Å². The summed E-state index contributed by atoms with van der Waals surface area (Å²) in [6.45, 7) is 23.1. The zero-order valence-electron chi connectivity index (χ0n) is 24.2. The molecule has 4 heteroatoms. The van der Waals surface area contributed by atoms with E-state index in [-0.39, 0.29) is 11.6 Å². The normalized spacial score (nSPS) is 42.7. The minimum absolute atomic E-state index is 0.0735. The van der Waals surface area contributed by atoms with Gasteiger partial charge in [0.2, 0.25) is 0 Å². The molecule has 0 radical (unpaired) electrons. The van der Waals surface area contributed by atoms with Crippen molar-refractivity contribution in [3.05, 3.63) is 12.2 Å². The Morgan fingerprint density at radius 3 is 2.43 bits per heavy atom. The summed E-state index contributed by atoms with van der Waals surface area (Å²) in [6.07, 6.45) is 12.0. The van der Waals surface area contributed by atoms with Crippen LogP contribution in [0.4, 0.5) is 0 Å². The van der Waals surface area contributed by atoms with Crippen molar-refractivity contribution in [2.24, 2.45) is 50.5 Å². The van der Waals surface area contributed by atoms with Crippen molar-refractivity contribution in [1.29, 1.82) is 0 Å². The molecule has 4 rings (SSSR count). The zero-order chi connectivity index (χ0) is 25.6. The number of fused-ring (bicyclic) bond motifs is 5. The first-order valence-corrected chi connectivity index (χ1v) is 14.6. The van der Waals surface area contributed by atoms with E-state index in [1.165, 1.54) is 69.1 Å². The van der Waals surface area contributed by atoms with Gasteiger partial charge in [0.1, 0.15) is 0 Å². The first kappa shape index (κ1) is 27.2. The molecule has 2 N–H and O–H groups in total. The van der Waals surface area contributed by atoms with Gasteiger partial charge in [0.25, 0.3) is 0 Å². The molecule has 35 heavy (non-hydrogen) atoms. The lowest BCUT2D eigenvalue weighted by Crippen LogP contribution is -2.58. The predicted octanol–water partition coefficient (Wildman–Crippen LogP) is 7.17. The number of hydrogen-bond donors (Lipinski definition) is 2. The Bertz CT molecular complexity index is 820. The molecule has 4 nitrogen and oxygen atoms in total. The van der Waals surface area contributed by atoms with E-state index in [9.17, 15) is 0 Å². The van der Waals surface area contributed by atoms with Gasteiger partial charge in [0, 0.05) is 19.0 Å². The number of hydrogen-bond acceptors (Lipinski definition) is 4. The van der Waals surface area contributed by atoms with Gasteiger partial charge in [-0.05, 0) is 118 Å². The van der Waals surface area contributed by atoms with Gasteiger partial charge in [-0.3, -0.25) is 5.32 Å². The summed E-state index contributed by atoms with van der Waals surface area (Å²) in [6, 6.07) is 0. The van der Waals surface area contributed by atoms with E-state index < -0.39 is 0 Å². The van der Waals surface area contributed by atoms with Gasteiger partial charge >= 0.3 is 0 Å². The summed E-state index contributed by atoms with van der Waals surface area (Å²) in [5.41, 5.74) is 4.26. The van der Waals surface area contributed by atoms with Crippen LogP contribution in [-0.4, -0.2) is 32.1 Å². The van der Waals surface area contributed by atoms with E-state index in [2.05, 4.69) is 65.7 Å². The van der Waals surface area contributed by atoms with Crippen molar-refractivity contribution in [1.82, 2.24) is 10.6 Å². The molecular weight excluding hydrogens is 430 g/mol. The summed E-state index contributed by atoms with van der Waals surface area (Å²) in [7, 11) is 2.01. The SMILES string of the molecule is C=C1CC[C@@]2(C)[C@H](CC[C@]3(C)[C@@H]2CC[C@@]2(C)[C@H]3CC[C@@H]2/C(C)=N/OC(C)NCC(C)(C)CNC)C1. The highest BCUT2D eigenvalue weighted by atomic mass is 16.6. The highest BCUT2D eigenvalue weighted by molar-refractivity contribution is 5.85. The summed E-state index contributed by atoms with van der Waals surface area (Å²) < 4.78 is 0. The molecule has 0 spiro atoms. The standard InChI is InChI=1S/C31H55N3O/c1-21-12-15-29(6)24(18-21)13-16-31(8)26-11-10-25(30(26,7)17-14-27(29)31)22(2)34-35-23(3)33-20-28(4,5)19-32-9/h23-27,32-33H,1,10-20H2,2-9H3/b34-22+/t23?,24-,25-,26-,27-,29+,30-,31+/m1/s1. The monoisotopic (exact) mass is 485 g/mol. The molecule has 4 saturated carbocycles. The molecule has 0 heterocycles. The molecule has 4 aliphatic carbocycles. The van der Waals surface area contributed by atoms with Crippen molar-refractivity contribution < 1.29 is 4.84 Å². The second-order valence-electron chi connectivity index (χ2n) is 14.5. The lowest BCUT2D eigenvalue weighted by Gasteiger charge is -2.65. The highest BCUT2D eigenvalue weighted by Gasteiger charge is 2.65. The zero-order valence-corrected chi connectivity index (χ0v) is 24.2. The Morgan fingerprint density at radius 1 is 1.03 bits per heavy atom. The van der Waals surface area contributed by atoms with Crippen LogP contribution < -0.4 is 10.6 Å². The maximum absolute atomic E-state index is 5.99. The molecule has 8 atom stereocenters. The largest absolute Gasteiger partial charge is 0.377 e. The molecule has 1 unspecified atom stereocenters. The third-order valence-electron chi connectivity index (χ3n) is 11.6. The van der Waals surface area contributed by atoms with Crippen LogP contribution in [0.3, 0.4) is 0 Å². The van der Waals surface area contributed by atoms with Crippen LogP contribution >= 0.6 is 0 Å². The van der Waals surface area contributed by atoms with Crippen molar-refractivity contribution in [3.8, 4) is 0 Å². The minimum Gasteiger partial charge on any atom is -0.377 e. The molecule has 0 aromatic rings. The summed E-state index contributed by atoms with van der Waals surface area (Å²) in [4.78, 5) is 5.99. The number of nitrogens with zero attached hydrogens (tertiary/aromatic N) is 1. The molecule has 4 fully saturated rings.